The minimum Gasteiger partial charge on any atom is -0.486 e. The topological polar surface area (TPSA) is 50.7 Å². The number of fused-ring (bicyclic) bond motifs is 1. The van der Waals surface area contributed by atoms with E-state index in [0.717, 1.165) is 36.6 Å². The number of hydrogen-bond acceptors (Lipinski definition) is 5. The highest BCUT2D eigenvalue weighted by Gasteiger charge is 2.21. The molecular weight excluding hydrogens is 286 g/mol. The summed E-state index contributed by atoms with van der Waals surface area (Å²) in [7, 11) is 0. The van der Waals surface area contributed by atoms with E-state index in [9.17, 15) is 5.11 Å². The Morgan fingerprint density at radius 3 is 2.76 bits per heavy atom. The summed E-state index contributed by atoms with van der Waals surface area (Å²) in [5, 5.41) is 13.0. The van der Waals surface area contributed by atoms with Crippen LogP contribution in [0.3, 0.4) is 0 Å². The van der Waals surface area contributed by atoms with Crippen molar-refractivity contribution in [3.63, 3.8) is 0 Å². The van der Waals surface area contributed by atoms with Crippen molar-refractivity contribution in [2.45, 2.75) is 37.1 Å². The molecule has 0 bridgehead atoms. The fraction of sp³-hybridized carbons (Fsp3) is 0.625. The van der Waals surface area contributed by atoms with Crippen LogP contribution in [0.25, 0.3) is 0 Å². The van der Waals surface area contributed by atoms with Gasteiger partial charge in [-0.3, -0.25) is 0 Å². The molecule has 0 saturated heterocycles. The van der Waals surface area contributed by atoms with Crippen LogP contribution in [0, 0.1) is 0 Å². The van der Waals surface area contributed by atoms with E-state index >= 15 is 0 Å². The number of thioether (sulfide) groups is 1. The number of aliphatic hydroxyl groups is 1. The quantitative estimate of drug-likeness (QED) is 0.723. The minimum atomic E-state index is -0.198. The van der Waals surface area contributed by atoms with E-state index in [1.807, 2.05) is 12.1 Å². The fourth-order valence-corrected chi connectivity index (χ4v) is 3.30. The first-order chi connectivity index (χ1) is 10.2. The number of aliphatic hydroxyl groups excluding tert-OH is 1. The van der Waals surface area contributed by atoms with Gasteiger partial charge in [0.1, 0.15) is 13.2 Å². The lowest BCUT2D eigenvalue weighted by atomic mass is 10.0. The summed E-state index contributed by atoms with van der Waals surface area (Å²) in [6, 6.07) is 6.07. The minimum absolute atomic E-state index is 0.161. The Hall–Kier alpha value is -0.910. The molecule has 1 aliphatic rings. The van der Waals surface area contributed by atoms with Gasteiger partial charge in [-0.1, -0.05) is 6.92 Å². The summed E-state index contributed by atoms with van der Waals surface area (Å²) >= 11 is 1.78. The predicted molar refractivity (Wildman–Crippen MR) is 86.6 cm³/mol. The molecule has 0 radical (unpaired) electrons. The molecule has 21 heavy (non-hydrogen) atoms. The molecule has 2 rings (SSSR count). The molecule has 5 heteroatoms. The van der Waals surface area contributed by atoms with Crippen molar-refractivity contribution in [3.05, 3.63) is 18.2 Å². The van der Waals surface area contributed by atoms with E-state index in [-0.39, 0.29) is 12.1 Å². The molecule has 0 aliphatic carbocycles. The lowest BCUT2D eigenvalue weighted by molar-refractivity contribution is 0.171. The van der Waals surface area contributed by atoms with E-state index in [2.05, 4.69) is 25.2 Å². The van der Waals surface area contributed by atoms with Crippen LogP contribution in [0.15, 0.2) is 23.1 Å². The molecular formula is C16H25NO3S. The van der Waals surface area contributed by atoms with E-state index in [1.165, 1.54) is 4.90 Å². The monoisotopic (exact) mass is 311 g/mol. The molecule has 1 unspecified atom stereocenters. The van der Waals surface area contributed by atoms with Gasteiger partial charge < -0.3 is 19.9 Å². The third-order valence-corrected chi connectivity index (χ3v) is 4.58. The zero-order valence-corrected chi connectivity index (χ0v) is 13.7. The van der Waals surface area contributed by atoms with E-state index in [1.54, 1.807) is 11.8 Å². The van der Waals surface area contributed by atoms with Gasteiger partial charge in [0, 0.05) is 10.4 Å². The van der Waals surface area contributed by atoms with Gasteiger partial charge in [-0.2, -0.15) is 0 Å². The molecule has 1 aliphatic heterocycles. The standard InChI is InChI=1S/C16H25NO3S/c1-3-7-17-16(2,12-18)6-10-21-13-4-5-14-15(11-13)20-9-8-19-14/h4-5,11,17-18H,3,6-10,12H2,1-2H3. The average Bonchev–Trinajstić information content (AvgIpc) is 2.53. The number of benzene rings is 1. The Balaban J connectivity index is 1.85. The smallest absolute Gasteiger partial charge is 0.162 e. The van der Waals surface area contributed by atoms with Gasteiger partial charge in [0.2, 0.25) is 0 Å². The van der Waals surface area contributed by atoms with Crippen molar-refractivity contribution >= 4 is 11.8 Å². The fourth-order valence-electron chi connectivity index (χ4n) is 2.16. The van der Waals surface area contributed by atoms with Crippen LogP contribution in [0.1, 0.15) is 26.7 Å². The summed E-state index contributed by atoms with van der Waals surface area (Å²) in [5.41, 5.74) is -0.198. The maximum Gasteiger partial charge on any atom is 0.162 e. The highest BCUT2D eigenvalue weighted by molar-refractivity contribution is 7.99. The molecule has 1 aromatic rings. The SMILES string of the molecule is CCCNC(C)(CO)CCSc1ccc2c(c1)OCCO2. The molecule has 0 fully saturated rings. The van der Waals surface area contributed by atoms with Crippen LogP contribution >= 0.6 is 11.8 Å². The van der Waals surface area contributed by atoms with E-state index in [0.29, 0.717) is 13.2 Å². The molecule has 0 amide bonds. The second-order valence-electron chi connectivity index (χ2n) is 5.55. The van der Waals surface area contributed by atoms with Gasteiger partial charge in [0.05, 0.1) is 6.61 Å². The molecule has 0 saturated carbocycles. The molecule has 1 aromatic carbocycles. The van der Waals surface area contributed by atoms with Gasteiger partial charge in [-0.25, -0.2) is 0 Å². The van der Waals surface area contributed by atoms with Gasteiger partial charge in [0.15, 0.2) is 11.5 Å². The molecule has 0 aromatic heterocycles. The largest absolute Gasteiger partial charge is 0.486 e. The van der Waals surface area contributed by atoms with Crippen molar-refractivity contribution in [3.8, 4) is 11.5 Å². The van der Waals surface area contributed by atoms with Gasteiger partial charge in [-0.05, 0) is 50.3 Å². The summed E-state index contributed by atoms with van der Waals surface area (Å²) in [4.78, 5) is 1.18. The van der Waals surface area contributed by atoms with Crippen molar-refractivity contribution in [1.82, 2.24) is 5.32 Å². The summed E-state index contributed by atoms with van der Waals surface area (Å²) in [6.07, 6.45) is 1.99. The second-order valence-corrected chi connectivity index (χ2v) is 6.72. The van der Waals surface area contributed by atoms with Crippen LogP contribution in [-0.2, 0) is 0 Å². The van der Waals surface area contributed by atoms with Crippen LogP contribution < -0.4 is 14.8 Å². The Bertz CT molecular complexity index is 455. The van der Waals surface area contributed by atoms with E-state index in [4.69, 9.17) is 9.47 Å². The van der Waals surface area contributed by atoms with Gasteiger partial charge in [0.25, 0.3) is 0 Å². The Morgan fingerprint density at radius 1 is 1.29 bits per heavy atom. The van der Waals surface area contributed by atoms with Crippen LogP contribution in [0.4, 0.5) is 0 Å². The highest BCUT2D eigenvalue weighted by atomic mass is 32.2. The maximum atomic E-state index is 9.56. The predicted octanol–water partition coefficient (Wildman–Crippen LogP) is 2.69. The summed E-state index contributed by atoms with van der Waals surface area (Å²) in [5.74, 6) is 2.61. The summed E-state index contributed by atoms with van der Waals surface area (Å²) in [6.45, 7) is 6.55. The Labute approximate surface area is 131 Å². The number of ether oxygens (including phenoxy) is 2. The average molecular weight is 311 g/mol. The van der Waals surface area contributed by atoms with Crippen LogP contribution in [0.2, 0.25) is 0 Å². The third-order valence-electron chi connectivity index (χ3n) is 3.59. The first-order valence-corrected chi connectivity index (χ1v) is 8.54. The molecule has 4 nitrogen and oxygen atoms in total. The highest BCUT2D eigenvalue weighted by Crippen LogP contribution is 2.34. The first-order valence-electron chi connectivity index (χ1n) is 7.55. The second kappa shape index (κ2) is 7.92. The zero-order chi connectivity index (χ0) is 15.1. The molecule has 0 spiro atoms. The molecule has 118 valence electrons. The molecule has 1 heterocycles. The van der Waals surface area contributed by atoms with Crippen LogP contribution in [0.5, 0.6) is 11.5 Å². The van der Waals surface area contributed by atoms with Crippen LogP contribution in [-0.4, -0.2) is 42.8 Å². The number of nitrogens with one attached hydrogen (secondary N) is 1. The van der Waals surface area contributed by atoms with Crippen molar-refractivity contribution in [2.75, 3.05) is 32.1 Å². The van der Waals surface area contributed by atoms with Crippen molar-refractivity contribution in [2.24, 2.45) is 0 Å². The third kappa shape index (κ3) is 4.80. The Morgan fingerprint density at radius 2 is 2.05 bits per heavy atom. The van der Waals surface area contributed by atoms with Gasteiger partial charge >= 0.3 is 0 Å². The lowest BCUT2D eigenvalue weighted by Gasteiger charge is -2.28. The molecule has 1 atom stereocenters. The normalized spacial score (nSPS) is 16.5. The Kier molecular flexibility index (Phi) is 6.21. The molecule has 2 N–H and O–H groups in total. The lowest BCUT2D eigenvalue weighted by Crippen LogP contribution is -2.46. The van der Waals surface area contributed by atoms with Gasteiger partial charge in [-0.15, -0.1) is 11.8 Å². The first kappa shape index (κ1) is 16.5. The van der Waals surface area contributed by atoms with E-state index < -0.39 is 0 Å². The number of hydrogen-bond donors (Lipinski definition) is 2. The van der Waals surface area contributed by atoms with Crippen molar-refractivity contribution < 1.29 is 14.6 Å². The maximum absolute atomic E-state index is 9.56. The van der Waals surface area contributed by atoms with Crippen molar-refractivity contribution in [1.29, 1.82) is 0 Å². The number of rotatable bonds is 8. The summed E-state index contributed by atoms with van der Waals surface area (Å²) < 4.78 is 11.1. The zero-order valence-electron chi connectivity index (χ0n) is 12.9.